The van der Waals surface area contributed by atoms with Gasteiger partial charge in [0, 0.05) is 38.1 Å². The second kappa shape index (κ2) is 21.7. The highest BCUT2D eigenvalue weighted by atomic mass is 16.6. The summed E-state index contributed by atoms with van der Waals surface area (Å²) >= 11 is 0. The van der Waals surface area contributed by atoms with Crippen LogP contribution in [0.4, 0.5) is 11.6 Å². The lowest BCUT2D eigenvalue weighted by atomic mass is 9.99. The molecule has 2 amide bonds. The number of Topliss-reactive ketones (excluding diaryl/α,β-unsaturated/α-hetero) is 2. The number of rotatable bonds is 13. The van der Waals surface area contributed by atoms with Crippen molar-refractivity contribution in [2.75, 3.05) is 63.5 Å². The van der Waals surface area contributed by atoms with Crippen LogP contribution in [0.5, 0.6) is 23.3 Å². The maximum absolute atomic E-state index is 12.6. The summed E-state index contributed by atoms with van der Waals surface area (Å²) in [4.78, 5) is 101. The van der Waals surface area contributed by atoms with Gasteiger partial charge in [-0.3, -0.25) is 47.7 Å². The number of pyridine rings is 4. The lowest BCUT2D eigenvalue weighted by Gasteiger charge is -2.20. The second-order valence-corrected chi connectivity index (χ2v) is 18.0. The third kappa shape index (κ3) is 11.4. The Labute approximate surface area is 410 Å². The quantitative estimate of drug-likeness (QED) is 0.155. The van der Waals surface area contributed by atoms with Crippen LogP contribution in [0.3, 0.4) is 0 Å². The molecule has 3 N–H and O–H groups in total. The minimum Gasteiger partial charge on any atom is -0.484 e. The largest absolute Gasteiger partial charge is 0.484 e. The Balaban J connectivity index is 0.000000148. The normalized spacial score (nSPS) is 19.4. The van der Waals surface area contributed by atoms with Gasteiger partial charge in [-0.25, -0.2) is 19.9 Å². The summed E-state index contributed by atoms with van der Waals surface area (Å²) in [7, 11) is 3.03. The Morgan fingerprint density at radius 2 is 1.21 bits per heavy atom. The number of hydrogen-bond donors (Lipinski definition) is 2. The van der Waals surface area contributed by atoms with E-state index in [1.54, 1.807) is 62.9 Å². The highest BCUT2D eigenvalue weighted by Gasteiger charge is 2.33. The molecule has 11 rings (SSSR count). The third-order valence-electron chi connectivity index (χ3n) is 12.7. The van der Waals surface area contributed by atoms with E-state index in [4.69, 9.17) is 29.4 Å². The van der Waals surface area contributed by atoms with Crippen molar-refractivity contribution in [3.8, 4) is 23.3 Å². The van der Waals surface area contributed by atoms with Gasteiger partial charge in [-0.1, -0.05) is 6.42 Å². The number of aliphatic hydroxyl groups is 1. The van der Waals surface area contributed by atoms with E-state index >= 15 is 0 Å². The summed E-state index contributed by atoms with van der Waals surface area (Å²) in [6, 6.07) is 13.9. The number of nitrogens with two attached hydrogens (primary N) is 1. The van der Waals surface area contributed by atoms with Crippen LogP contribution in [0.15, 0.2) is 70.5 Å². The topological polar surface area (TPSA) is 292 Å². The number of aliphatic hydroxyl groups excluding tert-OH is 1. The molecule has 6 aromatic heterocycles. The van der Waals surface area contributed by atoms with Gasteiger partial charge in [0.2, 0.25) is 23.6 Å². The van der Waals surface area contributed by atoms with E-state index in [1.165, 1.54) is 31.2 Å². The van der Waals surface area contributed by atoms with Crippen LogP contribution in [0.1, 0.15) is 43.5 Å². The van der Waals surface area contributed by atoms with Crippen LogP contribution in [0.2, 0.25) is 0 Å². The number of amides is 2. The molecule has 0 bridgehead atoms. The van der Waals surface area contributed by atoms with Crippen molar-refractivity contribution in [1.82, 2.24) is 39.0 Å². The van der Waals surface area contributed by atoms with Gasteiger partial charge in [-0.2, -0.15) is 9.97 Å². The van der Waals surface area contributed by atoms with Crippen LogP contribution in [0.25, 0.3) is 22.3 Å². The van der Waals surface area contributed by atoms with E-state index in [2.05, 4.69) is 29.9 Å². The van der Waals surface area contributed by atoms with E-state index in [0.717, 1.165) is 6.42 Å². The monoisotopic (exact) mass is 987 g/mol. The van der Waals surface area contributed by atoms with Gasteiger partial charge in [-0.05, 0) is 67.6 Å². The highest BCUT2D eigenvalue weighted by Crippen LogP contribution is 2.32. The number of methoxy groups -OCH3 is 2. The zero-order chi connectivity index (χ0) is 50.5. The van der Waals surface area contributed by atoms with Gasteiger partial charge in [-0.15, -0.1) is 0 Å². The number of ether oxygens (including phenoxy) is 5. The Morgan fingerprint density at radius 1 is 0.694 bits per heavy atom. The number of hydrogen-bond acceptors (Lipinski definition) is 19. The molecule has 0 aliphatic carbocycles. The van der Waals surface area contributed by atoms with Gasteiger partial charge >= 0.3 is 0 Å². The molecule has 0 radical (unpaired) electrons. The van der Waals surface area contributed by atoms with Gasteiger partial charge in [0.15, 0.2) is 22.9 Å². The lowest BCUT2D eigenvalue weighted by Crippen LogP contribution is -2.28. The minimum atomic E-state index is -0.755. The first-order chi connectivity index (χ1) is 34.9. The van der Waals surface area contributed by atoms with E-state index < -0.39 is 6.10 Å². The van der Waals surface area contributed by atoms with Crippen molar-refractivity contribution < 1.29 is 48.0 Å². The second-order valence-electron chi connectivity index (χ2n) is 18.0. The standard InChI is InChI=1S/C25H27N5O6.C13H15N3O3.C11H11N3O3/c1-35-22-8-5-18-25(28-22)30(24(34)11-26-18)13-16(31)4-2-3-15-9-23(33)29(12-15)21-7-6-20-19(27-21)10-17(32)14-36-20;14-5-8-3-13(18)16(6-8)12-2-1-11-10(15-12)4-9(17)7-19-11;1-16-9-3-2-8-11(13-9)14(5-7-6-17-7)10(15)4-12-8/h5-8,11,15-16,31H,2-4,9-10,12-14H2,1H3;1-2,8H,3-7,14H2;2-4,7H,5-6H2,1H3/t15-,16-;8-;7-/m011/s1. The average molecular weight is 988 g/mol. The first-order valence-corrected chi connectivity index (χ1v) is 23.6. The molecule has 3 saturated heterocycles. The summed E-state index contributed by atoms with van der Waals surface area (Å²) in [5, 5.41) is 10.6. The Morgan fingerprint density at radius 3 is 1.72 bits per heavy atom. The maximum atomic E-state index is 12.6. The Bertz CT molecular complexity index is 3160. The van der Waals surface area contributed by atoms with Crippen LogP contribution in [-0.4, -0.2) is 133 Å². The fraction of sp³-hybridized carbons (Fsp3) is 0.429. The SMILES string of the molecule is COc1ccc2ncc(=O)n(C[C@@H](O)CCC[C@H]3CC(=O)N(c4ccc5c(n4)CC(=O)CO5)C3)c2n1.COc1ccc2ncc(=O)n(C[C@@H]3CO3)c2n1.NC[C@H]1CC(=O)N(c2ccc3c(n2)CC(=O)CO3)C1. The molecule has 6 aromatic rings. The van der Waals surface area contributed by atoms with E-state index in [1.807, 2.05) is 0 Å². The fourth-order valence-electron chi connectivity index (χ4n) is 8.87. The smallest absolute Gasteiger partial charge is 0.270 e. The molecule has 5 aliphatic heterocycles. The molecule has 0 aromatic carbocycles. The number of aromatic nitrogens is 8. The molecule has 23 nitrogen and oxygen atoms in total. The molecule has 0 spiro atoms. The van der Waals surface area contributed by atoms with Crippen molar-refractivity contribution in [2.45, 2.75) is 70.2 Å². The minimum absolute atomic E-state index is 0.00438. The third-order valence-corrected chi connectivity index (χ3v) is 12.7. The summed E-state index contributed by atoms with van der Waals surface area (Å²) in [6.45, 7) is 3.08. The predicted octanol–water partition coefficient (Wildman–Crippen LogP) is 1.38. The predicted molar refractivity (Wildman–Crippen MR) is 257 cm³/mol. The first-order valence-electron chi connectivity index (χ1n) is 23.6. The molecular weight excluding hydrogens is 935 g/mol. The van der Waals surface area contributed by atoms with E-state index in [-0.39, 0.29) is 85.0 Å². The molecule has 3 fully saturated rings. The van der Waals surface area contributed by atoms with Crippen LogP contribution in [-0.2, 0) is 49.8 Å². The van der Waals surface area contributed by atoms with Gasteiger partial charge < -0.3 is 34.5 Å². The molecule has 0 unspecified atom stereocenters. The molecule has 4 atom stereocenters. The molecule has 0 saturated carbocycles. The Kier molecular flexibility index (Phi) is 14.8. The van der Waals surface area contributed by atoms with Crippen molar-refractivity contribution in [3.05, 3.63) is 93.0 Å². The first kappa shape index (κ1) is 49.2. The lowest BCUT2D eigenvalue weighted by molar-refractivity contribution is -0.122. The molecule has 5 aliphatic rings. The van der Waals surface area contributed by atoms with Gasteiger partial charge in [0.05, 0.1) is 82.7 Å². The number of carbonyl (C=O) groups is 4. The van der Waals surface area contributed by atoms with Crippen molar-refractivity contribution >= 4 is 57.3 Å². The van der Waals surface area contributed by atoms with E-state index in [0.29, 0.717) is 127 Å². The van der Waals surface area contributed by atoms with Gasteiger partial charge in [0.1, 0.15) is 47.4 Å². The zero-order valence-corrected chi connectivity index (χ0v) is 39.7. The molecule has 376 valence electrons. The molecule has 11 heterocycles. The summed E-state index contributed by atoms with van der Waals surface area (Å²) in [5.41, 5.74) is 8.37. The molecule has 72 heavy (non-hydrogen) atoms. The molecule has 23 heteroatoms. The van der Waals surface area contributed by atoms with Gasteiger partial charge in [0.25, 0.3) is 11.1 Å². The van der Waals surface area contributed by atoms with Crippen molar-refractivity contribution in [2.24, 2.45) is 17.6 Å². The summed E-state index contributed by atoms with van der Waals surface area (Å²) in [6.07, 6.45) is 5.16. The fourth-order valence-corrected chi connectivity index (χ4v) is 8.87. The van der Waals surface area contributed by atoms with Crippen LogP contribution >= 0.6 is 0 Å². The maximum Gasteiger partial charge on any atom is 0.270 e. The van der Waals surface area contributed by atoms with Crippen molar-refractivity contribution in [3.63, 3.8) is 0 Å². The molecular formula is C49H53N11O12. The number of carbonyl (C=O) groups excluding carboxylic acids is 4. The average Bonchev–Trinajstić information content (AvgIpc) is 4.02. The number of anilines is 2. The number of epoxide rings is 1. The summed E-state index contributed by atoms with van der Waals surface area (Å²) in [5.74, 6) is 3.48. The Hall–Kier alpha value is -7.76. The number of ketones is 2. The zero-order valence-electron chi connectivity index (χ0n) is 39.7. The highest BCUT2D eigenvalue weighted by molar-refractivity contribution is 5.96. The van der Waals surface area contributed by atoms with Crippen LogP contribution < -0.4 is 45.6 Å². The van der Waals surface area contributed by atoms with Crippen LogP contribution in [0, 0.1) is 11.8 Å². The van der Waals surface area contributed by atoms with E-state index in [9.17, 15) is 33.9 Å². The summed E-state index contributed by atoms with van der Waals surface area (Å²) < 4.78 is 29.0. The number of nitrogens with zero attached hydrogens (tertiary/aromatic N) is 10. The number of fused-ring (bicyclic) bond motifs is 4. The van der Waals surface area contributed by atoms with Crippen molar-refractivity contribution in [1.29, 1.82) is 0 Å².